The van der Waals surface area contributed by atoms with Crippen LogP contribution >= 0.6 is 11.8 Å². The maximum Gasteiger partial charge on any atom is 0.318 e. The average molecular weight is 378 g/mol. The van der Waals surface area contributed by atoms with Gasteiger partial charge >= 0.3 is 5.97 Å². The lowest BCUT2D eigenvalue weighted by Gasteiger charge is -2.13. The second-order valence-corrected chi connectivity index (χ2v) is 8.14. The number of carbonyl (C=O) groups is 1. The molecule has 0 spiro atoms. The predicted molar refractivity (Wildman–Crippen MR) is 110 cm³/mol. The Bertz CT molecular complexity index is 964. The van der Waals surface area contributed by atoms with Crippen LogP contribution in [-0.2, 0) is 4.79 Å². The lowest BCUT2D eigenvalue weighted by atomic mass is 10.1. The van der Waals surface area contributed by atoms with Crippen LogP contribution in [0.4, 0.5) is 0 Å². The number of nitrogens with zero attached hydrogens (tertiary/aromatic N) is 1. The number of aromatic nitrogens is 1. The number of carboxylic acid groups (broad SMARTS) is 1. The van der Waals surface area contributed by atoms with E-state index < -0.39 is 5.97 Å². The summed E-state index contributed by atoms with van der Waals surface area (Å²) in [6.45, 7) is 4.69. The summed E-state index contributed by atoms with van der Waals surface area (Å²) in [5, 5.41) is 12.2. The van der Waals surface area contributed by atoms with Crippen molar-refractivity contribution in [2.75, 3.05) is 6.54 Å². The molecule has 4 nitrogen and oxygen atoms in total. The van der Waals surface area contributed by atoms with Crippen molar-refractivity contribution in [3.8, 4) is 16.8 Å². The quantitative estimate of drug-likeness (QED) is 0.699. The molecule has 2 atom stereocenters. The zero-order chi connectivity index (χ0) is 19.0. The minimum Gasteiger partial charge on any atom is -0.480 e. The number of hydrogen-bond donors (Lipinski definition) is 2. The van der Waals surface area contributed by atoms with Crippen LogP contribution < -0.4 is 5.32 Å². The molecule has 1 fully saturated rings. The summed E-state index contributed by atoms with van der Waals surface area (Å²) in [5.74, 6) is -0.750. The number of benzene rings is 2. The molecule has 0 radical (unpaired) electrons. The van der Waals surface area contributed by atoms with E-state index in [0.717, 1.165) is 22.6 Å². The Balaban J connectivity index is 1.63. The van der Waals surface area contributed by atoms with Crippen molar-refractivity contribution in [3.05, 3.63) is 77.6 Å². The molecular weight excluding hydrogens is 356 g/mol. The zero-order valence-corrected chi connectivity index (χ0v) is 16.2. The second-order valence-electron chi connectivity index (χ2n) is 6.83. The van der Waals surface area contributed by atoms with Crippen LogP contribution in [0.5, 0.6) is 0 Å². The highest BCUT2D eigenvalue weighted by atomic mass is 32.2. The number of aliphatic carboxylic acids is 1. The lowest BCUT2D eigenvalue weighted by Crippen LogP contribution is -2.21. The lowest BCUT2D eigenvalue weighted by molar-refractivity contribution is -0.136. The van der Waals surface area contributed by atoms with Crippen LogP contribution in [-0.4, -0.2) is 27.4 Å². The maximum atomic E-state index is 11.2. The molecule has 1 aromatic heterocycles. The van der Waals surface area contributed by atoms with Gasteiger partial charge in [0.25, 0.3) is 0 Å². The van der Waals surface area contributed by atoms with Gasteiger partial charge in [0.2, 0.25) is 0 Å². The van der Waals surface area contributed by atoms with E-state index in [1.807, 2.05) is 18.2 Å². The molecule has 1 aliphatic heterocycles. The van der Waals surface area contributed by atoms with E-state index >= 15 is 0 Å². The number of nitrogens with one attached hydrogen (secondary N) is 1. The number of rotatable bonds is 4. The number of thioether (sulfide) groups is 1. The molecular formula is C22H22N2O2S. The Morgan fingerprint density at radius 2 is 1.74 bits per heavy atom. The first-order valence-corrected chi connectivity index (χ1v) is 9.95. The molecule has 1 aliphatic rings. The Kier molecular flexibility index (Phi) is 4.81. The molecule has 3 aromatic rings. The normalized spacial score (nSPS) is 19.3. The Morgan fingerprint density at radius 1 is 1.07 bits per heavy atom. The summed E-state index contributed by atoms with van der Waals surface area (Å²) in [6.07, 6.45) is 0. The summed E-state index contributed by atoms with van der Waals surface area (Å²) >= 11 is 1.48. The van der Waals surface area contributed by atoms with E-state index in [1.165, 1.54) is 22.9 Å². The van der Waals surface area contributed by atoms with E-state index in [2.05, 4.69) is 66.2 Å². The van der Waals surface area contributed by atoms with Gasteiger partial charge in [-0.05, 0) is 43.2 Å². The first-order chi connectivity index (χ1) is 13.0. The molecule has 27 heavy (non-hydrogen) atoms. The van der Waals surface area contributed by atoms with Gasteiger partial charge in [-0.15, -0.1) is 11.8 Å². The van der Waals surface area contributed by atoms with Gasteiger partial charge in [-0.25, -0.2) is 0 Å². The zero-order valence-electron chi connectivity index (χ0n) is 15.3. The molecule has 0 aliphatic carbocycles. The van der Waals surface area contributed by atoms with Crippen LogP contribution in [0, 0.1) is 13.8 Å². The molecule has 0 amide bonds. The fourth-order valence-electron chi connectivity index (χ4n) is 3.69. The van der Waals surface area contributed by atoms with Crippen molar-refractivity contribution in [3.63, 3.8) is 0 Å². The molecule has 2 heterocycles. The van der Waals surface area contributed by atoms with Crippen molar-refractivity contribution in [1.29, 1.82) is 0 Å². The van der Waals surface area contributed by atoms with Crippen molar-refractivity contribution in [2.45, 2.75) is 24.5 Å². The van der Waals surface area contributed by atoms with Gasteiger partial charge in [-0.1, -0.05) is 42.5 Å². The molecule has 2 N–H and O–H groups in total. The SMILES string of the molecule is Cc1cc([C@H]2NC[C@@H](C(=O)O)S2)c(C)n1-c1ccc(-c2ccccc2)cc1. The van der Waals surface area contributed by atoms with Gasteiger partial charge in [-0.3, -0.25) is 10.1 Å². The van der Waals surface area contributed by atoms with Gasteiger partial charge in [0.1, 0.15) is 5.25 Å². The van der Waals surface area contributed by atoms with Gasteiger partial charge < -0.3 is 9.67 Å². The third kappa shape index (κ3) is 3.40. The molecule has 0 unspecified atom stereocenters. The number of aryl methyl sites for hydroxylation is 1. The summed E-state index contributed by atoms with van der Waals surface area (Å²) in [7, 11) is 0. The predicted octanol–water partition coefficient (Wildman–Crippen LogP) is 4.55. The molecule has 0 bridgehead atoms. The smallest absolute Gasteiger partial charge is 0.318 e. The van der Waals surface area contributed by atoms with Crippen molar-refractivity contribution < 1.29 is 9.90 Å². The van der Waals surface area contributed by atoms with Gasteiger partial charge in [-0.2, -0.15) is 0 Å². The van der Waals surface area contributed by atoms with E-state index in [4.69, 9.17) is 0 Å². The summed E-state index contributed by atoms with van der Waals surface area (Å²) < 4.78 is 2.24. The molecule has 5 heteroatoms. The largest absolute Gasteiger partial charge is 0.480 e. The van der Waals surface area contributed by atoms with Crippen LogP contribution in [0.15, 0.2) is 60.7 Å². The average Bonchev–Trinajstić information content (AvgIpc) is 3.28. The Hall–Kier alpha value is -2.50. The van der Waals surface area contributed by atoms with Crippen LogP contribution in [0.1, 0.15) is 22.3 Å². The topological polar surface area (TPSA) is 54.3 Å². The van der Waals surface area contributed by atoms with Crippen LogP contribution in [0.25, 0.3) is 16.8 Å². The molecule has 1 saturated heterocycles. The number of carboxylic acids is 1. The maximum absolute atomic E-state index is 11.2. The van der Waals surface area contributed by atoms with Crippen molar-refractivity contribution >= 4 is 17.7 Å². The van der Waals surface area contributed by atoms with Gasteiger partial charge in [0.05, 0.1) is 5.37 Å². The fraction of sp³-hybridized carbons (Fsp3) is 0.227. The Morgan fingerprint density at radius 3 is 2.37 bits per heavy atom. The van der Waals surface area contributed by atoms with E-state index in [1.54, 1.807) is 0 Å². The van der Waals surface area contributed by atoms with Gasteiger partial charge in [0, 0.05) is 29.2 Å². The van der Waals surface area contributed by atoms with Gasteiger partial charge in [0.15, 0.2) is 0 Å². The number of hydrogen-bond acceptors (Lipinski definition) is 3. The van der Waals surface area contributed by atoms with E-state index in [0.29, 0.717) is 6.54 Å². The first-order valence-electron chi connectivity index (χ1n) is 9.01. The fourth-order valence-corrected chi connectivity index (χ4v) is 4.90. The highest BCUT2D eigenvalue weighted by molar-refractivity contribution is 8.01. The standard InChI is InChI=1S/C22H22N2O2S/c1-14-12-19(21-23-13-20(27-21)22(25)26)15(2)24(14)18-10-8-17(9-11-18)16-6-4-3-5-7-16/h3-12,20-21,23H,13H2,1-2H3,(H,25,26)/t20-,21-/m0/s1. The summed E-state index contributed by atoms with van der Waals surface area (Å²) in [4.78, 5) is 11.2. The minimum atomic E-state index is -0.750. The van der Waals surface area contributed by atoms with Crippen molar-refractivity contribution in [2.24, 2.45) is 0 Å². The minimum absolute atomic E-state index is 0.0228. The van der Waals surface area contributed by atoms with Crippen LogP contribution in [0.2, 0.25) is 0 Å². The highest BCUT2D eigenvalue weighted by Crippen LogP contribution is 2.38. The molecule has 4 rings (SSSR count). The molecule has 2 aromatic carbocycles. The van der Waals surface area contributed by atoms with E-state index in [-0.39, 0.29) is 10.6 Å². The van der Waals surface area contributed by atoms with Crippen LogP contribution in [0.3, 0.4) is 0 Å². The van der Waals surface area contributed by atoms with E-state index in [9.17, 15) is 9.90 Å². The molecule has 138 valence electrons. The highest BCUT2D eigenvalue weighted by Gasteiger charge is 2.32. The summed E-state index contributed by atoms with van der Waals surface area (Å²) in [6, 6.07) is 21.1. The van der Waals surface area contributed by atoms with Crippen molar-refractivity contribution in [1.82, 2.24) is 9.88 Å². The second kappa shape index (κ2) is 7.25. The molecule has 0 saturated carbocycles. The first kappa shape index (κ1) is 17.9. The summed E-state index contributed by atoms with van der Waals surface area (Å²) in [5.41, 5.74) is 6.98. The monoisotopic (exact) mass is 378 g/mol. The Labute approximate surface area is 163 Å². The third-order valence-corrected chi connectivity index (χ3v) is 6.44. The third-order valence-electron chi connectivity index (χ3n) is 5.05.